The topological polar surface area (TPSA) is 77.4 Å². The number of carbonyl (C=O) groups excluding carboxylic acids is 3. The molecule has 6 nitrogen and oxygen atoms in total. The Hall–Kier alpha value is -3.41. The van der Waals surface area contributed by atoms with Crippen LogP contribution in [0.2, 0.25) is 0 Å². The summed E-state index contributed by atoms with van der Waals surface area (Å²) in [7, 11) is 0. The molecule has 0 fully saturated rings. The highest BCUT2D eigenvalue weighted by Crippen LogP contribution is 2.24. The van der Waals surface area contributed by atoms with Crippen molar-refractivity contribution < 1.29 is 19.1 Å². The van der Waals surface area contributed by atoms with Crippen LogP contribution in [0.15, 0.2) is 54.7 Å². The number of para-hydroxylation sites is 1. The maximum Gasteiger partial charge on any atom is 0.338 e. The van der Waals surface area contributed by atoms with Crippen molar-refractivity contribution >= 4 is 34.3 Å². The number of Topliss-reactive ketones (excluding diaryl/α,β-unsaturated/α-hetero) is 1. The van der Waals surface area contributed by atoms with Crippen molar-refractivity contribution in [2.75, 3.05) is 11.9 Å². The van der Waals surface area contributed by atoms with Crippen LogP contribution in [0.1, 0.15) is 41.5 Å². The number of ether oxygens (including phenoxy) is 1. The Labute approximate surface area is 169 Å². The van der Waals surface area contributed by atoms with Gasteiger partial charge >= 0.3 is 5.97 Å². The van der Waals surface area contributed by atoms with Crippen LogP contribution in [0.3, 0.4) is 0 Å². The maximum absolute atomic E-state index is 12.6. The summed E-state index contributed by atoms with van der Waals surface area (Å²) in [6.07, 6.45) is 1.75. The van der Waals surface area contributed by atoms with Gasteiger partial charge in [0.15, 0.2) is 5.78 Å². The van der Waals surface area contributed by atoms with E-state index in [1.807, 2.05) is 38.1 Å². The van der Waals surface area contributed by atoms with E-state index in [1.54, 1.807) is 42.0 Å². The molecule has 0 saturated heterocycles. The van der Waals surface area contributed by atoms with Gasteiger partial charge in [0, 0.05) is 34.3 Å². The second-order valence-electron chi connectivity index (χ2n) is 7.05. The predicted octanol–water partition coefficient (Wildman–Crippen LogP) is 4.30. The summed E-state index contributed by atoms with van der Waals surface area (Å²) in [4.78, 5) is 36.8. The smallest absolute Gasteiger partial charge is 0.338 e. The summed E-state index contributed by atoms with van der Waals surface area (Å²) in [6.45, 7) is 5.86. The van der Waals surface area contributed by atoms with Crippen LogP contribution >= 0.6 is 0 Å². The number of amides is 1. The largest absolute Gasteiger partial charge is 0.462 e. The average Bonchev–Trinajstić information content (AvgIpc) is 3.06. The molecule has 0 atom stereocenters. The Balaban J connectivity index is 1.76. The number of anilines is 1. The van der Waals surface area contributed by atoms with Crippen molar-refractivity contribution in [3.63, 3.8) is 0 Å². The van der Waals surface area contributed by atoms with E-state index in [0.29, 0.717) is 23.4 Å². The molecule has 1 N–H and O–H groups in total. The Morgan fingerprint density at radius 1 is 1.03 bits per heavy atom. The van der Waals surface area contributed by atoms with E-state index in [4.69, 9.17) is 4.74 Å². The quantitative estimate of drug-likeness (QED) is 0.480. The molecule has 0 radical (unpaired) electrons. The van der Waals surface area contributed by atoms with Crippen LogP contribution in [0.4, 0.5) is 5.69 Å². The van der Waals surface area contributed by atoms with Crippen LogP contribution in [0, 0.1) is 5.92 Å². The van der Waals surface area contributed by atoms with Crippen molar-refractivity contribution in [2.24, 2.45) is 5.92 Å². The minimum Gasteiger partial charge on any atom is -0.462 e. The zero-order valence-corrected chi connectivity index (χ0v) is 16.8. The number of hydrogen-bond acceptors (Lipinski definition) is 4. The fraction of sp³-hybridized carbons (Fsp3) is 0.261. The Morgan fingerprint density at radius 2 is 1.72 bits per heavy atom. The van der Waals surface area contributed by atoms with Gasteiger partial charge in [0.1, 0.15) is 6.54 Å². The number of benzene rings is 2. The van der Waals surface area contributed by atoms with Gasteiger partial charge in [0.05, 0.1) is 12.2 Å². The fourth-order valence-corrected chi connectivity index (χ4v) is 3.14. The third-order valence-corrected chi connectivity index (χ3v) is 4.57. The SMILES string of the molecule is CCOC(=O)c1ccc(NC(=O)Cn2cc(C(=O)C(C)C)c3ccccc32)cc1. The molecule has 0 aliphatic rings. The molecule has 0 spiro atoms. The zero-order chi connectivity index (χ0) is 21.0. The maximum atomic E-state index is 12.6. The summed E-state index contributed by atoms with van der Waals surface area (Å²) in [5, 5.41) is 3.66. The fourth-order valence-electron chi connectivity index (χ4n) is 3.14. The van der Waals surface area contributed by atoms with Crippen molar-refractivity contribution in [3.8, 4) is 0 Å². The molecule has 150 valence electrons. The molecule has 29 heavy (non-hydrogen) atoms. The van der Waals surface area contributed by atoms with Gasteiger partial charge < -0.3 is 14.6 Å². The molecule has 1 amide bonds. The Bertz CT molecular complexity index is 1050. The molecule has 0 unspecified atom stereocenters. The number of nitrogens with one attached hydrogen (secondary N) is 1. The van der Waals surface area contributed by atoms with Crippen LogP contribution in [-0.2, 0) is 16.1 Å². The lowest BCUT2D eigenvalue weighted by Gasteiger charge is -2.08. The number of aromatic nitrogens is 1. The molecular weight excluding hydrogens is 368 g/mol. The van der Waals surface area contributed by atoms with E-state index < -0.39 is 5.97 Å². The summed E-state index contributed by atoms with van der Waals surface area (Å²) in [6, 6.07) is 14.1. The van der Waals surface area contributed by atoms with Crippen LogP contribution in [0.25, 0.3) is 10.9 Å². The van der Waals surface area contributed by atoms with E-state index in [0.717, 1.165) is 10.9 Å². The second-order valence-corrected chi connectivity index (χ2v) is 7.05. The molecule has 1 heterocycles. The summed E-state index contributed by atoms with van der Waals surface area (Å²) in [5.41, 5.74) is 2.47. The number of rotatable bonds is 7. The number of hydrogen-bond donors (Lipinski definition) is 1. The van der Waals surface area contributed by atoms with Gasteiger partial charge in [0.2, 0.25) is 5.91 Å². The number of nitrogens with zero attached hydrogens (tertiary/aromatic N) is 1. The van der Waals surface area contributed by atoms with Gasteiger partial charge in [-0.25, -0.2) is 4.79 Å². The normalized spacial score (nSPS) is 10.9. The van der Waals surface area contributed by atoms with Crippen molar-refractivity contribution in [2.45, 2.75) is 27.3 Å². The summed E-state index contributed by atoms with van der Waals surface area (Å²) in [5.74, 6) is -0.694. The highest BCUT2D eigenvalue weighted by atomic mass is 16.5. The predicted molar refractivity (Wildman–Crippen MR) is 112 cm³/mol. The molecule has 0 aliphatic carbocycles. The Morgan fingerprint density at radius 3 is 2.38 bits per heavy atom. The lowest BCUT2D eigenvalue weighted by Crippen LogP contribution is -2.18. The van der Waals surface area contributed by atoms with Gasteiger partial charge in [-0.1, -0.05) is 32.0 Å². The number of ketones is 1. The number of fused-ring (bicyclic) bond motifs is 1. The molecule has 3 aromatic rings. The van der Waals surface area contributed by atoms with Gasteiger partial charge in [-0.15, -0.1) is 0 Å². The van der Waals surface area contributed by atoms with Crippen LogP contribution in [-0.4, -0.2) is 28.8 Å². The molecule has 1 aromatic heterocycles. The molecule has 2 aromatic carbocycles. The van der Waals surface area contributed by atoms with Gasteiger partial charge in [-0.05, 0) is 37.3 Å². The first-order chi connectivity index (χ1) is 13.9. The first kappa shape index (κ1) is 20.3. The number of carbonyl (C=O) groups is 3. The van der Waals surface area contributed by atoms with Crippen molar-refractivity contribution in [1.29, 1.82) is 0 Å². The first-order valence-electron chi connectivity index (χ1n) is 9.59. The third-order valence-electron chi connectivity index (χ3n) is 4.57. The zero-order valence-electron chi connectivity index (χ0n) is 16.8. The van der Waals surface area contributed by atoms with Crippen LogP contribution in [0.5, 0.6) is 0 Å². The molecule has 3 rings (SSSR count). The molecule has 6 heteroatoms. The molecule has 0 saturated carbocycles. The molecular formula is C23H24N2O4. The Kier molecular flexibility index (Phi) is 6.12. The summed E-state index contributed by atoms with van der Waals surface area (Å²) < 4.78 is 6.73. The van der Waals surface area contributed by atoms with E-state index >= 15 is 0 Å². The second kappa shape index (κ2) is 8.73. The van der Waals surface area contributed by atoms with Gasteiger partial charge in [-0.3, -0.25) is 9.59 Å². The third kappa shape index (κ3) is 4.54. The van der Waals surface area contributed by atoms with E-state index in [9.17, 15) is 14.4 Å². The van der Waals surface area contributed by atoms with Crippen LogP contribution < -0.4 is 5.32 Å². The van der Waals surface area contributed by atoms with E-state index in [-0.39, 0.29) is 24.2 Å². The van der Waals surface area contributed by atoms with Crippen molar-refractivity contribution in [1.82, 2.24) is 4.57 Å². The monoisotopic (exact) mass is 392 g/mol. The number of esters is 1. The highest BCUT2D eigenvalue weighted by Gasteiger charge is 2.18. The minimum atomic E-state index is -0.397. The van der Waals surface area contributed by atoms with E-state index in [2.05, 4.69) is 5.32 Å². The lowest BCUT2D eigenvalue weighted by molar-refractivity contribution is -0.116. The van der Waals surface area contributed by atoms with E-state index in [1.165, 1.54) is 0 Å². The van der Waals surface area contributed by atoms with Gasteiger partial charge in [-0.2, -0.15) is 0 Å². The lowest BCUT2D eigenvalue weighted by atomic mass is 10.0. The molecule has 0 bridgehead atoms. The highest BCUT2D eigenvalue weighted by molar-refractivity contribution is 6.09. The standard InChI is InChI=1S/C23H24N2O4/c1-4-29-23(28)16-9-11-17(12-10-16)24-21(26)14-25-13-19(22(27)15(2)3)18-7-5-6-8-20(18)25/h5-13,15H,4,14H2,1-3H3,(H,24,26). The van der Waals surface area contributed by atoms with Crippen molar-refractivity contribution in [3.05, 3.63) is 65.9 Å². The summed E-state index contributed by atoms with van der Waals surface area (Å²) >= 11 is 0. The minimum absolute atomic E-state index is 0.0508. The first-order valence-corrected chi connectivity index (χ1v) is 9.59. The molecule has 0 aliphatic heterocycles. The average molecular weight is 392 g/mol. The van der Waals surface area contributed by atoms with Gasteiger partial charge in [0.25, 0.3) is 0 Å².